The first-order valence-corrected chi connectivity index (χ1v) is 7.15. The van der Waals surface area contributed by atoms with E-state index in [1.54, 1.807) is 0 Å². The average molecular weight is 260 g/mol. The molecule has 0 saturated heterocycles. The fourth-order valence-electron chi connectivity index (χ4n) is 2.95. The molecule has 0 bridgehead atoms. The number of nitrogens with one attached hydrogen (secondary N) is 1. The molecule has 2 rings (SSSR count). The highest BCUT2D eigenvalue weighted by Gasteiger charge is 2.28. The van der Waals surface area contributed by atoms with E-state index in [0.717, 1.165) is 29.5 Å². The molecular weight excluding hydrogens is 236 g/mol. The molecule has 1 aliphatic carbocycles. The van der Waals surface area contributed by atoms with Crippen LogP contribution in [0.3, 0.4) is 0 Å². The standard InChI is InChI=1S/C16H24N2O/c1-12-7-6-8-13(2)14(12)15(19)18-11-16(17)9-4-3-5-10-16/h6-8H,3-5,9-11,17H2,1-2H3,(H,18,19). The Hall–Kier alpha value is -1.35. The summed E-state index contributed by atoms with van der Waals surface area (Å²) in [4.78, 5) is 12.3. The lowest BCUT2D eigenvalue weighted by atomic mass is 9.82. The Labute approximate surface area is 115 Å². The van der Waals surface area contributed by atoms with Crippen molar-refractivity contribution in [2.45, 2.75) is 51.5 Å². The Morgan fingerprint density at radius 2 is 1.79 bits per heavy atom. The minimum absolute atomic E-state index is 0.00555. The molecule has 1 aromatic carbocycles. The molecule has 0 aliphatic heterocycles. The van der Waals surface area contributed by atoms with Gasteiger partial charge in [-0.05, 0) is 37.8 Å². The zero-order valence-electron chi connectivity index (χ0n) is 12.0. The van der Waals surface area contributed by atoms with Crippen LogP contribution in [0.25, 0.3) is 0 Å². The minimum atomic E-state index is -0.204. The summed E-state index contributed by atoms with van der Waals surface area (Å²) in [5.41, 5.74) is 8.98. The lowest BCUT2D eigenvalue weighted by Gasteiger charge is -2.33. The molecule has 3 N–H and O–H groups in total. The fourth-order valence-corrected chi connectivity index (χ4v) is 2.95. The van der Waals surface area contributed by atoms with Crippen LogP contribution in [0.2, 0.25) is 0 Å². The number of rotatable bonds is 3. The third-order valence-electron chi connectivity index (χ3n) is 4.16. The van der Waals surface area contributed by atoms with Crippen molar-refractivity contribution in [2.75, 3.05) is 6.54 Å². The second-order valence-corrected chi connectivity index (χ2v) is 5.87. The Kier molecular flexibility index (Phi) is 4.25. The van der Waals surface area contributed by atoms with E-state index < -0.39 is 0 Å². The molecule has 1 aromatic rings. The second-order valence-electron chi connectivity index (χ2n) is 5.87. The van der Waals surface area contributed by atoms with Gasteiger partial charge in [0.1, 0.15) is 0 Å². The minimum Gasteiger partial charge on any atom is -0.350 e. The average Bonchev–Trinajstić information content (AvgIpc) is 2.37. The first-order chi connectivity index (χ1) is 9.02. The van der Waals surface area contributed by atoms with Crippen LogP contribution in [0.4, 0.5) is 0 Å². The largest absolute Gasteiger partial charge is 0.350 e. The van der Waals surface area contributed by atoms with E-state index in [0.29, 0.717) is 6.54 Å². The lowest BCUT2D eigenvalue weighted by Crippen LogP contribution is -2.51. The maximum absolute atomic E-state index is 12.3. The van der Waals surface area contributed by atoms with Crippen molar-refractivity contribution >= 4 is 5.91 Å². The maximum atomic E-state index is 12.3. The third-order valence-corrected chi connectivity index (χ3v) is 4.16. The molecule has 1 amide bonds. The van der Waals surface area contributed by atoms with Crippen molar-refractivity contribution in [2.24, 2.45) is 5.73 Å². The van der Waals surface area contributed by atoms with E-state index in [-0.39, 0.29) is 11.4 Å². The number of benzene rings is 1. The zero-order chi connectivity index (χ0) is 13.9. The van der Waals surface area contributed by atoms with E-state index >= 15 is 0 Å². The van der Waals surface area contributed by atoms with Crippen molar-refractivity contribution in [3.63, 3.8) is 0 Å². The van der Waals surface area contributed by atoms with Crippen LogP contribution in [0, 0.1) is 13.8 Å². The molecule has 1 fully saturated rings. The van der Waals surface area contributed by atoms with Gasteiger partial charge in [-0.1, -0.05) is 37.5 Å². The summed E-state index contributed by atoms with van der Waals surface area (Å²) in [5, 5.41) is 3.03. The molecule has 0 unspecified atom stereocenters. The molecule has 104 valence electrons. The Balaban J connectivity index is 2.01. The first kappa shape index (κ1) is 14.1. The van der Waals surface area contributed by atoms with Crippen molar-refractivity contribution in [1.29, 1.82) is 0 Å². The van der Waals surface area contributed by atoms with Gasteiger partial charge in [0.05, 0.1) is 0 Å². The highest BCUT2D eigenvalue weighted by molar-refractivity contribution is 5.97. The molecular formula is C16H24N2O. The van der Waals surface area contributed by atoms with Crippen molar-refractivity contribution in [3.8, 4) is 0 Å². The summed E-state index contributed by atoms with van der Waals surface area (Å²) in [6.07, 6.45) is 5.65. The normalized spacial score (nSPS) is 18.1. The molecule has 0 radical (unpaired) electrons. The van der Waals surface area contributed by atoms with Gasteiger partial charge in [0.15, 0.2) is 0 Å². The van der Waals surface area contributed by atoms with Gasteiger partial charge in [-0.2, -0.15) is 0 Å². The molecule has 1 aliphatic rings. The van der Waals surface area contributed by atoms with Gasteiger partial charge in [0, 0.05) is 17.6 Å². The third kappa shape index (κ3) is 3.35. The molecule has 0 aromatic heterocycles. The number of hydrogen-bond acceptors (Lipinski definition) is 2. The van der Waals surface area contributed by atoms with Crippen LogP contribution in [0.5, 0.6) is 0 Å². The summed E-state index contributed by atoms with van der Waals surface area (Å²) >= 11 is 0. The number of nitrogens with two attached hydrogens (primary N) is 1. The predicted octanol–water partition coefficient (Wildman–Crippen LogP) is 2.69. The van der Waals surface area contributed by atoms with Gasteiger partial charge in [-0.15, -0.1) is 0 Å². The Morgan fingerprint density at radius 1 is 1.21 bits per heavy atom. The van der Waals surface area contributed by atoms with Crippen molar-refractivity contribution in [1.82, 2.24) is 5.32 Å². The first-order valence-electron chi connectivity index (χ1n) is 7.15. The quantitative estimate of drug-likeness (QED) is 0.878. The van der Waals surface area contributed by atoms with Crippen LogP contribution in [-0.4, -0.2) is 18.0 Å². The molecule has 0 atom stereocenters. The highest BCUT2D eigenvalue weighted by atomic mass is 16.1. The second kappa shape index (κ2) is 5.74. The van der Waals surface area contributed by atoms with Crippen molar-refractivity contribution < 1.29 is 4.79 Å². The van der Waals surface area contributed by atoms with Crippen LogP contribution in [0.1, 0.15) is 53.6 Å². The molecule has 1 saturated carbocycles. The van der Waals surface area contributed by atoms with Gasteiger partial charge in [0.2, 0.25) is 0 Å². The molecule has 0 heterocycles. The van der Waals surface area contributed by atoms with E-state index in [4.69, 9.17) is 5.73 Å². The van der Waals surface area contributed by atoms with Crippen LogP contribution in [0.15, 0.2) is 18.2 Å². The van der Waals surface area contributed by atoms with Gasteiger partial charge in [0.25, 0.3) is 5.91 Å². The van der Waals surface area contributed by atoms with Gasteiger partial charge < -0.3 is 11.1 Å². The summed E-state index contributed by atoms with van der Waals surface area (Å²) in [6, 6.07) is 5.93. The van der Waals surface area contributed by atoms with E-state index in [9.17, 15) is 4.79 Å². The molecule has 3 nitrogen and oxygen atoms in total. The number of amides is 1. The van der Waals surface area contributed by atoms with Crippen LogP contribution >= 0.6 is 0 Å². The van der Waals surface area contributed by atoms with E-state index in [1.165, 1.54) is 19.3 Å². The summed E-state index contributed by atoms with van der Waals surface area (Å²) in [5.74, 6) is 0.00555. The number of carbonyl (C=O) groups is 1. The van der Waals surface area contributed by atoms with Crippen LogP contribution in [-0.2, 0) is 0 Å². The Morgan fingerprint density at radius 3 is 2.37 bits per heavy atom. The topological polar surface area (TPSA) is 55.1 Å². The van der Waals surface area contributed by atoms with Gasteiger partial charge in [-0.25, -0.2) is 0 Å². The lowest BCUT2D eigenvalue weighted by molar-refractivity contribution is 0.0936. The number of carbonyl (C=O) groups excluding carboxylic acids is 1. The summed E-state index contributed by atoms with van der Waals surface area (Å²) < 4.78 is 0. The SMILES string of the molecule is Cc1cccc(C)c1C(=O)NCC1(N)CCCCC1. The van der Waals surface area contributed by atoms with E-state index in [1.807, 2.05) is 32.0 Å². The maximum Gasteiger partial charge on any atom is 0.251 e. The molecule has 3 heteroatoms. The number of hydrogen-bond donors (Lipinski definition) is 2. The van der Waals surface area contributed by atoms with E-state index in [2.05, 4.69) is 5.32 Å². The monoisotopic (exact) mass is 260 g/mol. The molecule has 0 spiro atoms. The summed E-state index contributed by atoms with van der Waals surface area (Å²) in [6.45, 7) is 4.53. The van der Waals surface area contributed by atoms with Gasteiger partial charge in [-0.3, -0.25) is 4.79 Å². The van der Waals surface area contributed by atoms with Crippen molar-refractivity contribution in [3.05, 3.63) is 34.9 Å². The fraction of sp³-hybridized carbons (Fsp3) is 0.562. The van der Waals surface area contributed by atoms with Crippen LogP contribution < -0.4 is 11.1 Å². The molecule has 19 heavy (non-hydrogen) atoms. The smallest absolute Gasteiger partial charge is 0.251 e. The Bertz CT molecular complexity index is 442. The highest BCUT2D eigenvalue weighted by Crippen LogP contribution is 2.25. The predicted molar refractivity (Wildman–Crippen MR) is 78.3 cm³/mol. The number of aryl methyl sites for hydroxylation is 2. The van der Waals surface area contributed by atoms with Gasteiger partial charge >= 0.3 is 0 Å². The zero-order valence-corrected chi connectivity index (χ0v) is 12.0. The summed E-state index contributed by atoms with van der Waals surface area (Å²) in [7, 11) is 0.